The Bertz CT molecular complexity index is 2870. The molecule has 1 aliphatic heterocycles. The molecule has 0 saturated carbocycles. The summed E-state index contributed by atoms with van der Waals surface area (Å²) in [6, 6.07) is 44.2. The molecule has 0 aliphatic carbocycles. The predicted octanol–water partition coefficient (Wildman–Crippen LogP) is 11.6. The van der Waals surface area contributed by atoms with Crippen molar-refractivity contribution in [1.82, 2.24) is 30.5 Å². The third kappa shape index (κ3) is 12.9. The topological polar surface area (TPSA) is 126 Å². The first-order valence-electron chi connectivity index (χ1n) is 23.8. The van der Waals surface area contributed by atoms with Crippen LogP contribution in [-0.2, 0) is 11.2 Å². The van der Waals surface area contributed by atoms with E-state index in [-0.39, 0.29) is 24.3 Å². The number of aromatic nitrogens is 3. The van der Waals surface area contributed by atoms with Gasteiger partial charge in [-0.05, 0) is 100 Å². The molecule has 0 radical (unpaired) electrons. The zero-order valence-electron chi connectivity index (χ0n) is 40.9. The van der Waals surface area contributed by atoms with Gasteiger partial charge in [0.25, 0.3) is 11.8 Å². The minimum atomic E-state index is -0.501. The highest BCUT2D eigenvalue weighted by Gasteiger charge is 2.30. The largest absolute Gasteiger partial charge is 0.462 e. The molecular weight excluding hydrogens is 912 g/mol. The molecule has 1 fully saturated rings. The van der Waals surface area contributed by atoms with Crippen molar-refractivity contribution in [2.75, 3.05) is 45.6 Å². The summed E-state index contributed by atoms with van der Waals surface area (Å²) in [6.07, 6.45) is 4.38. The summed E-state index contributed by atoms with van der Waals surface area (Å²) in [5, 5.41) is 7.54. The molecule has 0 spiro atoms. The Labute approximate surface area is 421 Å². The second-order valence-corrected chi connectivity index (χ2v) is 18.7. The van der Waals surface area contributed by atoms with E-state index < -0.39 is 5.97 Å². The first kappa shape index (κ1) is 51.2. The summed E-state index contributed by atoms with van der Waals surface area (Å²) < 4.78 is 5.95. The number of rotatable bonds is 15. The Morgan fingerprint density at radius 2 is 1.36 bits per heavy atom. The van der Waals surface area contributed by atoms with Gasteiger partial charge in [0, 0.05) is 54.8 Å². The van der Waals surface area contributed by atoms with Gasteiger partial charge in [-0.25, -0.2) is 14.8 Å². The van der Waals surface area contributed by atoms with E-state index in [0.717, 1.165) is 48.2 Å². The smallest absolute Gasteiger partial charge is 0.340 e. The normalized spacial score (nSPS) is 12.3. The van der Waals surface area contributed by atoms with Crippen LogP contribution in [0.1, 0.15) is 94.7 Å². The number of esters is 1. The summed E-state index contributed by atoms with van der Waals surface area (Å²) in [7, 11) is 0. The van der Waals surface area contributed by atoms with Gasteiger partial charge in [-0.3, -0.25) is 14.6 Å². The molecule has 7 aromatic rings. The second kappa shape index (κ2) is 24.8. The number of carbonyl (C=O) groups excluding carboxylic acids is 3. The van der Waals surface area contributed by atoms with Crippen molar-refractivity contribution < 1.29 is 19.1 Å². The molecule has 360 valence electrons. The van der Waals surface area contributed by atoms with Crippen LogP contribution in [0.3, 0.4) is 0 Å². The van der Waals surface area contributed by atoms with Crippen molar-refractivity contribution in [3.8, 4) is 22.4 Å². The van der Waals surface area contributed by atoms with E-state index in [1.165, 1.54) is 22.9 Å². The minimum Gasteiger partial charge on any atom is -0.462 e. The van der Waals surface area contributed by atoms with E-state index in [1.54, 1.807) is 19.1 Å². The molecule has 1 aliphatic rings. The van der Waals surface area contributed by atoms with Gasteiger partial charge in [0.1, 0.15) is 0 Å². The van der Waals surface area contributed by atoms with Crippen LogP contribution in [0.25, 0.3) is 22.4 Å². The maximum atomic E-state index is 13.9. The maximum absolute atomic E-state index is 13.9. The van der Waals surface area contributed by atoms with E-state index in [9.17, 15) is 14.4 Å². The Kier molecular flexibility index (Phi) is 18.1. The molecule has 0 atom stereocenters. The van der Waals surface area contributed by atoms with Gasteiger partial charge >= 0.3 is 5.97 Å². The zero-order chi connectivity index (χ0) is 49.6. The number of thioether (sulfide) groups is 1. The number of aryl methyl sites for hydroxylation is 6. The average molecular weight is 974 g/mol. The van der Waals surface area contributed by atoms with Crippen LogP contribution in [0.5, 0.6) is 0 Å². The molecule has 10 nitrogen and oxygen atoms in total. The maximum Gasteiger partial charge on any atom is 0.340 e. The fourth-order valence-corrected chi connectivity index (χ4v) is 9.57. The molecule has 12 heteroatoms. The van der Waals surface area contributed by atoms with Crippen LogP contribution >= 0.6 is 23.4 Å². The van der Waals surface area contributed by atoms with Crippen molar-refractivity contribution >= 4 is 41.1 Å². The predicted molar refractivity (Wildman–Crippen MR) is 283 cm³/mol. The Balaban J connectivity index is 0.000000219. The van der Waals surface area contributed by atoms with Crippen LogP contribution in [-0.4, -0.2) is 83.2 Å². The lowest BCUT2D eigenvalue weighted by atomic mass is 9.89. The summed E-state index contributed by atoms with van der Waals surface area (Å²) in [4.78, 5) is 56.4. The molecule has 8 rings (SSSR count). The summed E-state index contributed by atoms with van der Waals surface area (Å²) >= 11 is 7.87. The van der Waals surface area contributed by atoms with Crippen LogP contribution in [0.4, 0.5) is 0 Å². The quantitative estimate of drug-likeness (QED) is 0.0447. The van der Waals surface area contributed by atoms with E-state index in [0.29, 0.717) is 86.8 Å². The lowest BCUT2D eigenvalue weighted by Gasteiger charge is -2.29. The molecule has 2 aromatic heterocycles. The average Bonchev–Trinajstić information content (AvgIpc) is 3.37. The first-order chi connectivity index (χ1) is 33.9. The molecule has 5 aromatic carbocycles. The van der Waals surface area contributed by atoms with E-state index in [4.69, 9.17) is 21.3 Å². The van der Waals surface area contributed by atoms with Gasteiger partial charge in [0.15, 0.2) is 5.16 Å². The zero-order valence-corrected chi connectivity index (χ0v) is 42.4. The number of pyridine rings is 1. The van der Waals surface area contributed by atoms with Gasteiger partial charge in [-0.15, -0.1) is 0 Å². The van der Waals surface area contributed by atoms with Gasteiger partial charge in [0.2, 0.25) is 0 Å². The van der Waals surface area contributed by atoms with E-state index in [1.807, 2.05) is 97.8 Å². The van der Waals surface area contributed by atoms with Gasteiger partial charge in [-0.2, -0.15) is 0 Å². The molecule has 0 unspecified atom stereocenters. The minimum absolute atomic E-state index is 0.0692. The van der Waals surface area contributed by atoms with Crippen molar-refractivity contribution in [1.29, 1.82) is 0 Å². The third-order valence-corrected chi connectivity index (χ3v) is 13.2. The van der Waals surface area contributed by atoms with E-state index in [2.05, 4.69) is 83.0 Å². The molecular formula is C58H61ClN6O4S. The Hall–Kier alpha value is -6.66. The fraction of sp³-hybridized carbons (Fsp3) is 0.276. The highest BCUT2D eigenvalue weighted by atomic mass is 35.5. The van der Waals surface area contributed by atoms with Crippen LogP contribution in [0.2, 0.25) is 5.02 Å². The van der Waals surface area contributed by atoms with Crippen molar-refractivity contribution in [2.24, 2.45) is 0 Å². The number of ether oxygens (including phenoxy) is 1. The van der Waals surface area contributed by atoms with E-state index >= 15 is 0 Å². The summed E-state index contributed by atoms with van der Waals surface area (Å²) in [5.74, 6) is -0.689. The molecule has 3 heterocycles. The number of nitrogens with zero attached hydrogens (tertiary/aromatic N) is 4. The monoisotopic (exact) mass is 972 g/mol. The SMILES string of the molecule is CSc1nc(C)c(C(=O)NCCCc2ccccc2)c(-c2ccc(C)cc2C)n1.Cc1nc(C)c(C(=O)N2CCNCC2)c(-c2cccc(Cl)c2)c1C(=O)OCCC(c1ccccc1)c1ccccc1. The Morgan fingerprint density at radius 3 is 1.99 bits per heavy atom. The summed E-state index contributed by atoms with van der Waals surface area (Å²) in [6.45, 7) is 13.0. The van der Waals surface area contributed by atoms with Gasteiger partial charge in [0.05, 0.1) is 46.1 Å². The van der Waals surface area contributed by atoms with Gasteiger partial charge in [-0.1, -0.05) is 150 Å². The lowest BCUT2D eigenvalue weighted by Crippen LogP contribution is -2.46. The van der Waals surface area contributed by atoms with Crippen molar-refractivity contribution in [2.45, 2.75) is 65.0 Å². The molecule has 1 saturated heterocycles. The second-order valence-electron chi connectivity index (χ2n) is 17.4. The standard InChI is InChI=1S/C34H34ClN3O3.C24H27N3OS/c1-23-30(33(39)38-19-17-36-18-20-38)32(27-14-9-15-28(35)22-27)31(24(2)37-23)34(40)41-21-16-29(25-10-5-3-6-11-25)26-12-7-4-8-13-26;1-16-12-13-20(17(2)15-16)22-21(18(3)26-24(27-22)29-4)23(28)25-14-8-11-19-9-6-5-7-10-19/h3-15,22,29,36H,16-21H2,1-2H3;5-7,9-10,12-13,15H,8,11,14H2,1-4H3,(H,25,28). The number of amides is 2. The summed E-state index contributed by atoms with van der Waals surface area (Å²) in [5.41, 5.74) is 11.9. The van der Waals surface area contributed by atoms with Crippen LogP contribution < -0.4 is 10.6 Å². The fourth-order valence-electron chi connectivity index (χ4n) is 8.97. The van der Waals surface area contributed by atoms with Crippen molar-refractivity contribution in [3.05, 3.63) is 200 Å². The number of hydrogen-bond donors (Lipinski definition) is 2. The lowest BCUT2D eigenvalue weighted by molar-refractivity contribution is 0.0495. The number of benzene rings is 5. The molecule has 2 N–H and O–H groups in total. The molecule has 70 heavy (non-hydrogen) atoms. The molecule has 2 amide bonds. The number of piperazine rings is 1. The van der Waals surface area contributed by atoms with Crippen molar-refractivity contribution in [3.63, 3.8) is 0 Å². The number of hydrogen-bond acceptors (Lipinski definition) is 9. The number of carbonyl (C=O) groups is 3. The Morgan fingerprint density at radius 1 is 0.729 bits per heavy atom. The number of nitrogens with one attached hydrogen (secondary N) is 2. The highest BCUT2D eigenvalue weighted by molar-refractivity contribution is 7.98. The first-order valence-corrected chi connectivity index (χ1v) is 25.4. The van der Waals surface area contributed by atoms with Gasteiger partial charge < -0.3 is 20.3 Å². The third-order valence-electron chi connectivity index (χ3n) is 12.4. The highest BCUT2D eigenvalue weighted by Crippen LogP contribution is 2.35. The molecule has 0 bridgehead atoms. The number of halogens is 1. The van der Waals surface area contributed by atoms with Crippen LogP contribution in [0.15, 0.2) is 139 Å². The van der Waals surface area contributed by atoms with Crippen LogP contribution in [0, 0.1) is 34.6 Å².